The van der Waals surface area contributed by atoms with Crippen LogP contribution in [0.25, 0.3) is 5.69 Å². The minimum absolute atomic E-state index is 0.0395. The summed E-state index contributed by atoms with van der Waals surface area (Å²) < 4.78 is 14.0. The van der Waals surface area contributed by atoms with Crippen molar-refractivity contribution in [2.45, 2.75) is 52.3 Å². The number of nitrogens with one attached hydrogen (secondary N) is 1. The van der Waals surface area contributed by atoms with Crippen LogP contribution in [0.2, 0.25) is 0 Å². The van der Waals surface area contributed by atoms with Crippen LogP contribution in [-0.4, -0.2) is 46.0 Å². The minimum atomic E-state index is -0.113. The molecule has 0 saturated carbocycles. The molecule has 0 unspecified atom stereocenters. The monoisotopic (exact) mass is 448 g/mol. The summed E-state index contributed by atoms with van der Waals surface area (Å²) in [6.45, 7) is 7.53. The molecule has 1 aliphatic heterocycles. The van der Waals surface area contributed by atoms with Crippen molar-refractivity contribution < 1.29 is 14.3 Å². The maximum Gasteiger partial charge on any atom is 0.317 e. The van der Waals surface area contributed by atoms with Crippen molar-refractivity contribution in [1.82, 2.24) is 20.0 Å². The number of para-hydroxylation sites is 2. The Morgan fingerprint density at radius 1 is 1.18 bits per heavy atom. The standard InChI is InChI=1S/C26H32N4O3/c1-19(2)27-26(31)29(17-23-15-10-16-32-23)18-24-20(3)28-30(21-11-6-4-7-12-21)25(24)33-22-13-8-5-9-14-22/h4-9,11-14,19,23H,10,15-18H2,1-3H3,(H,27,31)/t23-/m1/s1. The van der Waals surface area contributed by atoms with Crippen molar-refractivity contribution >= 4 is 6.03 Å². The third kappa shape index (κ3) is 5.73. The summed E-state index contributed by atoms with van der Waals surface area (Å²) in [6, 6.07) is 19.5. The third-order valence-corrected chi connectivity index (χ3v) is 5.59. The number of nitrogens with zero attached hydrogens (tertiary/aromatic N) is 3. The van der Waals surface area contributed by atoms with Crippen LogP contribution in [0.1, 0.15) is 37.9 Å². The molecule has 0 aliphatic carbocycles. The van der Waals surface area contributed by atoms with E-state index in [4.69, 9.17) is 14.6 Å². The van der Waals surface area contributed by atoms with Crippen molar-refractivity contribution in [1.29, 1.82) is 0 Å². The Hall–Kier alpha value is -3.32. The highest BCUT2D eigenvalue weighted by molar-refractivity contribution is 5.74. The lowest BCUT2D eigenvalue weighted by molar-refractivity contribution is 0.0789. The zero-order valence-electron chi connectivity index (χ0n) is 19.5. The first-order chi connectivity index (χ1) is 16.0. The normalized spacial score (nSPS) is 15.6. The van der Waals surface area contributed by atoms with Crippen molar-refractivity contribution in [3.05, 3.63) is 71.9 Å². The Morgan fingerprint density at radius 2 is 1.88 bits per heavy atom. The van der Waals surface area contributed by atoms with Gasteiger partial charge in [0.1, 0.15) is 5.75 Å². The smallest absolute Gasteiger partial charge is 0.317 e. The molecule has 0 bridgehead atoms. The molecule has 174 valence electrons. The van der Waals surface area contributed by atoms with Gasteiger partial charge in [-0.1, -0.05) is 36.4 Å². The first kappa shape index (κ1) is 22.9. The predicted octanol–water partition coefficient (Wildman–Crippen LogP) is 5.07. The van der Waals surface area contributed by atoms with Gasteiger partial charge in [-0.3, -0.25) is 0 Å². The van der Waals surface area contributed by atoms with E-state index in [0.717, 1.165) is 36.4 Å². The van der Waals surface area contributed by atoms with Gasteiger partial charge >= 0.3 is 6.03 Å². The first-order valence-electron chi connectivity index (χ1n) is 11.5. The molecule has 0 spiro atoms. The van der Waals surface area contributed by atoms with Gasteiger partial charge < -0.3 is 19.7 Å². The van der Waals surface area contributed by atoms with E-state index >= 15 is 0 Å². The number of aryl methyl sites for hydroxylation is 1. The summed E-state index contributed by atoms with van der Waals surface area (Å²) in [7, 11) is 0. The SMILES string of the molecule is Cc1nn(-c2ccccc2)c(Oc2ccccc2)c1CN(C[C@H]1CCCO1)C(=O)NC(C)C. The quantitative estimate of drug-likeness (QED) is 0.522. The number of hydrogen-bond donors (Lipinski definition) is 1. The summed E-state index contributed by atoms with van der Waals surface area (Å²) in [5.41, 5.74) is 2.59. The lowest BCUT2D eigenvalue weighted by Crippen LogP contribution is -2.45. The van der Waals surface area contributed by atoms with Gasteiger partial charge in [-0.05, 0) is 57.9 Å². The lowest BCUT2D eigenvalue weighted by atomic mass is 10.2. The molecule has 1 N–H and O–H groups in total. The predicted molar refractivity (Wildman–Crippen MR) is 128 cm³/mol. The second-order valence-corrected chi connectivity index (χ2v) is 8.65. The van der Waals surface area contributed by atoms with Gasteiger partial charge in [0.05, 0.1) is 29.6 Å². The average Bonchev–Trinajstić information content (AvgIpc) is 3.43. The van der Waals surface area contributed by atoms with E-state index in [1.165, 1.54) is 0 Å². The number of rotatable bonds is 8. The fourth-order valence-electron chi connectivity index (χ4n) is 3.95. The Bertz CT molecular complexity index is 1040. The zero-order valence-corrected chi connectivity index (χ0v) is 19.5. The summed E-state index contributed by atoms with van der Waals surface area (Å²) >= 11 is 0. The second-order valence-electron chi connectivity index (χ2n) is 8.65. The second kappa shape index (κ2) is 10.5. The summed E-state index contributed by atoms with van der Waals surface area (Å²) in [4.78, 5) is 14.9. The van der Waals surface area contributed by atoms with Gasteiger partial charge in [0.15, 0.2) is 0 Å². The van der Waals surface area contributed by atoms with Crippen molar-refractivity contribution in [2.75, 3.05) is 13.2 Å². The van der Waals surface area contributed by atoms with Crippen molar-refractivity contribution in [3.8, 4) is 17.3 Å². The Kier molecular flexibility index (Phi) is 7.29. The van der Waals surface area contributed by atoms with Crippen LogP contribution in [0.15, 0.2) is 60.7 Å². The summed E-state index contributed by atoms with van der Waals surface area (Å²) in [5, 5.41) is 7.81. The number of carbonyl (C=O) groups is 1. The van der Waals surface area contributed by atoms with Gasteiger partial charge in [0.2, 0.25) is 5.88 Å². The summed E-state index contributed by atoms with van der Waals surface area (Å²) in [6.07, 6.45) is 2.03. The highest BCUT2D eigenvalue weighted by Gasteiger charge is 2.27. The average molecular weight is 449 g/mol. The number of ether oxygens (including phenoxy) is 2. The van der Waals surface area contributed by atoms with E-state index in [9.17, 15) is 4.79 Å². The molecule has 33 heavy (non-hydrogen) atoms. The van der Waals surface area contributed by atoms with Crippen LogP contribution in [0.3, 0.4) is 0 Å². The maximum atomic E-state index is 13.1. The van der Waals surface area contributed by atoms with Gasteiger partial charge in [0, 0.05) is 19.2 Å². The summed E-state index contributed by atoms with van der Waals surface area (Å²) in [5.74, 6) is 1.33. The zero-order chi connectivity index (χ0) is 23.2. The molecular formula is C26H32N4O3. The fraction of sp³-hybridized carbons (Fsp3) is 0.385. The van der Waals surface area contributed by atoms with Crippen LogP contribution in [0, 0.1) is 6.92 Å². The highest BCUT2D eigenvalue weighted by atomic mass is 16.5. The van der Waals surface area contributed by atoms with Gasteiger partial charge in [-0.15, -0.1) is 0 Å². The Morgan fingerprint density at radius 3 is 2.52 bits per heavy atom. The maximum absolute atomic E-state index is 13.1. The third-order valence-electron chi connectivity index (χ3n) is 5.59. The molecule has 1 aromatic heterocycles. The largest absolute Gasteiger partial charge is 0.439 e. The minimum Gasteiger partial charge on any atom is -0.439 e. The highest BCUT2D eigenvalue weighted by Crippen LogP contribution is 2.32. The number of urea groups is 1. The number of benzene rings is 2. The van der Waals surface area contributed by atoms with Gasteiger partial charge in [-0.2, -0.15) is 5.10 Å². The van der Waals surface area contributed by atoms with Crippen LogP contribution < -0.4 is 10.1 Å². The van der Waals surface area contributed by atoms with E-state index in [-0.39, 0.29) is 18.2 Å². The topological polar surface area (TPSA) is 68.6 Å². The van der Waals surface area contributed by atoms with E-state index in [2.05, 4.69) is 5.32 Å². The molecule has 7 heteroatoms. The molecule has 1 fully saturated rings. The molecule has 1 atom stereocenters. The van der Waals surface area contributed by atoms with E-state index in [0.29, 0.717) is 24.7 Å². The van der Waals surface area contributed by atoms with Crippen LogP contribution >= 0.6 is 0 Å². The molecular weight excluding hydrogens is 416 g/mol. The van der Waals surface area contributed by atoms with Gasteiger partial charge in [0.25, 0.3) is 0 Å². The molecule has 2 heterocycles. The van der Waals surface area contributed by atoms with E-state index in [1.807, 2.05) is 91.0 Å². The number of hydrogen-bond acceptors (Lipinski definition) is 4. The molecule has 4 rings (SSSR count). The van der Waals surface area contributed by atoms with Crippen LogP contribution in [-0.2, 0) is 11.3 Å². The first-order valence-corrected chi connectivity index (χ1v) is 11.5. The number of aromatic nitrogens is 2. The van der Waals surface area contributed by atoms with Gasteiger partial charge in [-0.25, -0.2) is 9.48 Å². The fourth-order valence-corrected chi connectivity index (χ4v) is 3.95. The molecule has 0 radical (unpaired) electrons. The Balaban J connectivity index is 1.70. The van der Waals surface area contributed by atoms with Crippen LogP contribution in [0.4, 0.5) is 4.79 Å². The number of amides is 2. The lowest BCUT2D eigenvalue weighted by Gasteiger charge is -2.27. The molecule has 2 amide bonds. The van der Waals surface area contributed by atoms with E-state index in [1.54, 1.807) is 0 Å². The molecule has 1 aliphatic rings. The van der Waals surface area contributed by atoms with E-state index < -0.39 is 0 Å². The molecule has 7 nitrogen and oxygen atoms in total. The molecule has 1 saturated heterocycles. The Labute approximate surface area is 195 Å². The number of carbonyl (C=O) groups excluding carboxylic acids is 1. The van der Waals surface area contributed by atoms with Crippen molar-refractivity contribution in [2.24, 2.45) is 0 Å². The molecule has 2 aromatic carbocycles. The van der Waals surface area contributed by atoms with Crippen molar-refractivity contribution in [3.63, 3.8) is 0 Å². The van der Waals surface area contributed by atoms with Crippen LogP contribution in [0.5, 0.6) is 11.6 Å². The molecule has 3 aromatic rings.